The van der Waals surface area contributed by atoms with Gasteiger partial charge in [-0.3, -0.25) is 4.79 Å². The van der Waals surface area contributed by atoms with Crippen LogP contribution in [0, 0.1) is 0 Å². The van der Waals surface area contributed by atoms with Crippen LogP contribution in [0.1, 0.15) is 26.3 Å². The molecule has 0 bridgehead atoms. The molecule has 22 heavy (non-hydrogen) atoms. The second-order valence-electron chi connectivity index (χ2n) is 5.11. The summed E-state index contributed by atoms with van der Waals surface area (Å²) in [5.41, 5.74) is 0.946. The molecule has 0 amide bonds. The Morgan fingerprint density at radius 2 is 1.77 bits per heavy atom. The van der Waals surface area contributed by atoms with Crippen LogP contribution in [0.15, 0.2) is 48.7 Å². The Morgan fingerprint density at radius 1 is 1.09 bits per heavy atom. The topological polar surface area (TPSA) is 48.4 Å². The molecule has 0 aliphatic heterocycles. The lowest BCUT2D eigenvalue weighted by atomic mass is 10.2. The molecule has 4 heteroatoms. The predicted octanol–water partition coefficient (Wildman–Crippen LogP) is 4.26. The molecule has 2 aromatic rings. The summed E-state index contributed by atoms with van der Waals surface area (Å²) in [7, 11) is 0. The van der Waals surface area contributed by atoms with Gasteiger partial charge in [0.15, 0.2) is 5.78 Å². The molecule has 1 aromatic heterocycles. The Labute approximate surface area is 130 Å². The third kappa shape index (κ3) is 5.05. The fourth-order valence-electron chi connectivity index (χ4n) is 1.73. The molecular formula is C18H19NO3. The maximum Gasteiger partial charge on any atom is 0.213 e. The van der Waals surface area contributed by atoms with Crippen molar-refractivity contribution >= 4 is 11.9 Å². The Morgan fingerprint density at radius 3 is 2.32 bits per heavy atom. The number of ketones is 1. The standard InChI is InChI=1S/C18H19NO3/c1-13(2)21-18-11-10-17(12-19-18)22-16-8-6-15(7-9-16)5-4-14(3)20/h4-13H,1-3H3. The number of ether oxygens (including phenoxy) is 2. The fraction of sp³-hybridized carbons (Fsp3) is 0.222. The minimum absolute atomic E-state index is 0.0232. The Kier molecular flexibility index (Phi) is 5.31. The van der Waals surface area contributed by atoms with Crippen LogP contribution < -0.4 is 9.47 Å². The van der Waals surface area contributed by atoms with E-state index in [1.807, 2.05) is 44.2 Å². The lowest BCUT2D eigenvalue weighted by Crippen LogP contribution is -2.06. The summed E-state index contributed by atoms with van der Waals surface area (Å²) in [4.78, 5) is 15.1. The van der Waals surface area contributed by atoms with Crippen molar-refractivity contribution in [2.24, 2.45) is 0 Å². The summed E-state index contributed by atoms with van der Waals surface area (Å²) in [6, 6.07) is 11.1. The van der Waals surface area contributed by atoms with Crippen LogP contribution in [0.3, 0.4) is 0 Å². The summed E-state index contributed by atoms with van der Waals surface area (Å²) < 4.78 is 11.2. The maximum absolute atomic E-state index is 10.9. The van der Waals surface area contributed by atoms with Gasteiger partial charge in [-0.25, -0.2) is 4.98 Å². The number of hydrogen-bond acceptors (Lipinski definition) is 4. The second kappa shape index (κ2) is 7.41. The van der Waals surface area contributed by atoms with E-state index in [1.54, 1.807) is 18.3 Å². The SMILES string of the molecule is CC(=O)C=Cc1ccc(Oc2ccc(OC(C)C)nc2)cc1. The highest BCUT2D eigenvalue weighted by molar-refractivity contribution is 5.91. The number of nitrogens with zero attached hydrogens (tertiary/aromatic N) is 1. The van der Waals surface area contributed by atoms with Crippen molar-refractivity contribution in [3.8, 4) is 17.4 Å². The lowest BCUT2D eigenvalue weighted by molar-refractivity contribution is -0.112. The quantitative estimate of drug-likeness (QED) is 0.747. The van der Waals surface area contributed by atoms with E-state index in [0.29, 0.717) is 17.4 Å². The Hall–Kier alpha value is -2.62. The molecule has 0 aliphatic rings. The molecular weight excluding hydrogens is 278 g/mol. The summed E-state index contributed by atoms with van der Waals surface area (Å²) in [5.74, 6) is 1.95. The van der Waals surface area contributed by atoms with Crippen LogP contribution in [0.5, 0.6) is 17.4 Å². The number of carbonyl (C=O) groups excluding carboxylic acids is 1. The van der Waals surface area contributed by atoms with Crippen molar-refractivity contribution < 1.29 is 14.3 Å². The minimum atomic E-state index is 0.0232. The van der Waals surface area contributed by atoms with Crippen LogP contribution >= 0.6 is 0 Å². The number of pyridine rings is 1. The Bertz CT molecular complexity index is 643. The van der Waals surface area contributed by atoms with Gasteiger partial charge in [-0.15, -0.1) is 0 Å². The number of rotatable bonds is 6. The summed E-state index contributed by atoms with van der Waals surface area (Å²) in [6.07, 6.45) is 5.02. The molecule has 0 saturated heterocycles. The van der Waals surface area contributed by atoms with Crippen molar-refractivity contribution in [1.29, 1.82) is 0 Å². The van der Waals surface area contributed by atoms with Crippen LogP contribution in [-0.2, 0) is 4.79 Å². The van der Waals surface area contributed by atoms with Gasteiger partial charge in [0, 0.05) is 6.07 Å². The highest BCUT2D eigenvalue weighted by Gasteiger charge is 2.01. The zero-order valence-corrected chi connectivity index (χ0v) is 12.9. The molecule has 0 fully saturated rings. The molecule has 0 aliphatic carbocycles. The lowest BCUT2D eigenvalue weighted by Gasteiger charge is -2.09. The van der Waals surface area contributed by atoms with Crippen LogP contribution in [-0.4, -0.2) is 16.9 Å². The molecule has 0 atom stereocenters. The van der Waals surface area contributed by atoms with Gasteiger partial charge in [-0.2, -0.15) is 0 Å². The molecule has 0 unspecified atom stereocenters. The van der Waals surface area contributed by atoms with Gasteiger partial charge in [0.1, 0.15) is 11.5 Å². The second-order valence-corrected chi connectivity index (χ2v) is 5.11. The van der Waals surface area contributed by atoms with E-state index in [0.717, 1.165) is 5.56 Å². The van der Waals surface area contributed by atoms with Crippen LogP contribution in [0.4, 0.5) is 0 Å². The van der Waals surface area contributed by atoms with Gasteiger partial charge in [-0.1, -0.05) is 18.2 Å². The zero-order valence-electron chi connectivity index (χ0n) is 12.9. The first-order valence-electron chi connectivity index (χ1n) is 7.12. The van der Waals surface area contributed by atoms with Crippen molar-refractivity contribution in [3.63, 3.8) is 0 Å². The van der Waals surface area contributed by atoms with E-state index in [9.17, 15) is 4.79 Å². The van der Waals surface area contributed by atoms with Crippen molar-refractivity contribution in [2.45, 2.75) is 26.9 Å². The van der Waals surface area contributed by atoms with E-state index in [2.05, 4.69) is 4.98 Å². The highest BCUT2D eigenvalue weighted by Crippen LogP contribution is 2.23. The van der Waals surface area contributed by atoms with Gasteiger partial charge in [0.25, 0.3) is 0 Å². The van der Waals surface area contributed by atoms with Crippen molar-refractivity contribution in [3.05, 3.63) is 54.2 Å². The molecule has 0 spiro atoms. The number of benzene rings is 1. The van der Waals surface area contributed by atoms with Crippen molar-refractivity contribution in [1.82, 2.24) is 4.98 Å². The summed E-state index contributed by atoms with van der Waals surface area (Å²) in [6.45, 7) is 5.43. The third-order valence-electron chi connectivity index (χ3n) is 2.69. The van der Waals surface area contributed by atoms with Crippen LogP contribution in [0.2, 0.25) is 0 Å². The average molecular weight is 297 g/mol. The summed E-state index contributed by atoms with van der Waals surface area (Å²) >= 11 is 0. The first kappa shape index (κ1) is 15.8. The monoisotopic (exact) mass is 297 g/mol. The van der Waals surface area contributed by atoms with Crippen LogP contribution in [0.25, 0.3) is 6.08 Å². The van der Waals surface area contributed by atoms with Gasteiger partial charge in [0.2, 0.25) is 5.88 Å². The first-order valence-corrected chi connectivity index (χ1v) is 7.12. The predicted molar refractivity (Wildman–Crippen MR) is 86.2 cm³/mol. The van der Waals surface area contributed by atoms with Gasteiger partial charge in [-0.05, 0) is 50.6 Å². The Balaban J connectivity index is 2.00. The van der Waals surface area contributed by atoms with E-state index < -0.39 is 0 Å². The molecule has 1 aromatic carbocycles. The largest absolute Gasteiger partial charge is 0.475 e. The number of hydrogen-bond donors (Lipinski definition) is 0. The first-order chi connectivity index (χ1) is 10.5. The van der Waals surface area contributed by atoms with E-state index in [-0.39, 0.29) is 11.9 Å². The maximum atomic E-state index is 10.9. The number of allylic oxidation sites excluding steroid dienone is 1. The van der Waals surface area contributed by atoms with Gasteiger partial charge < -0.3 is 9.47 Å². The summed E-state index contributed by atoms with van der Waals surface area (Å²) in [5, 5.41) is 0. The third-order valence-corrected chi connectivity index (χ3v) is 2.69. The van der Waals surface area contributed by atoms with Crippen molar-refractivity contribution in [2.75, 3.05) is 0 Å². The van der Waals surface area contributed by atoms with Gasteiger partial charge >= 0.3 is 0 Å². The molecule has 2 rings (SSSR count). The van der Waals surface area contributed by atoms with E-state index in [1.165, 1.54) is 13.0 Å². The minimum Gasteiger partial charge on any atom is -0.475 e. The van der Waals surface area contributed by atoms with Gasteiger partial charge in [0.05, 0.1) is 12.3 Å². The van der Waals surface area contributed by atoms with E-state index in [4.69, 9.17) is 9.47 Å². The fourth-order valence-corrected chi connectivity index (χ4v) is 1.73. The number of carbonyl (C=O) groups is 1. The molecule has 114 valence electrons. The molecule has 0 N–H and O–H groups in total. The number of aromatic nitrogens is 1. The molecule has 4 nitrogen and oxygen atoms in total. The molecule has 0 radical (unpaired) electrons. The molecule has 0 saturated carbocycles. The molecule has 1 heterocycles. The average Bonchev–Trinajstić information content (AvgIpc) is 2.48. The normalized spacial score (nSPS) is 10.9. The highest BCUT2D eigenvalue weighted by atomic mass is 16.5. The smallest absolute Gasteiger partial charge is 0.213 e. The zero-order chi connectivity index (χ0) is 15.9. The van der Waals surface area contributed by atoms with E-state index >= 15 is 0 Å².